The highest BCUT2D eigenvalue weighted by atomic mass is 16.4. The molecule has 0 aliphatic carbocycles. The smallest absolute Gasteiger partial charge is 0.326 e. The van der Waals surface area contributed by atoms with E-state index >= 15 is 0 Å². The minimum atomic E-state index is -1.19. The number of hydrogen-bond donors (Lipinski definition) is 5. The third-order valence-electron chi connectivity index (χ3n) is 3.32. The molecule has 5 N–H and O–H groups in total. The first-order chi connectivity index (χ1) is 10.8. The lowest BCUT2D eigenvalue weighted by molar-refractivity contribution is -0.142. The summed E-state index contributed by atoms with van der Waals surface area (Å²) in [5.74, 6) is -2.72. The zero-order valence-electron chi connectivity index (χ0n) is 12.7. The molecule has 0 aliphatic heterocycles. The highest BCUT2D eigenvalue weighted by molar-refractivity contribution is 5.84. The van der Waals surface area contributed by atoms with Crippen LogP contribution in [0, 0.1) is 0 Å². The quantitative estimate of drug-likeness (QED) is 0.430. The Hall–Kier alpha value is -2.61. The molecular weight excluding hydrogens is 304 g/mol. The maximum absolute atomic E-state index is 11.8. The molecule has 0 saturated carbocycles. The van der Waals surface area contributed by atoms with Crippen molar-refractivity contribution in [2.75, 3.05) is 7.05 Å². The minimum Gasteiger partial charge on any atom is -0.508 e. The summed E-state index contributed by atoms with van der Waals surface area (Å²) >= 11 is 0. The second-order valence-electron chi connectivity index (χ2n) is 5.05. The van der Waals surface area contributed by atoms with Gasteiger partial charge in [0.05, 0.1) is 0 Å². The van der Waals surface area contributed by atoms with E-state index in [2.05, 4.69) is 10.6 Å². The largest absolute Gasteiger partial charge is 0.508 e. The summed E-state index contributed by atoms with van der Waals surface area (Å²) in [5, 5.41) is 32.2. The number of hydrogen-bond acceptors (Lipinski definition) is 5. The van der Waals surface area contributed by atoms with Gasteiger partial charge in [-0.2, -0.15) is 0 Å². The first-order valence-electron chi connectivity index (χ1n) is 7.03. The summed E-state index contributed by atoms with van der Waals surface area (Å²) in [7, 11) is 1.47. The molecule has 126 valence electrons. The highest BCUT2D eigenvalue weighted by Crippen LogP contribution is 2.11. The van der Waals surface area contributed by atoms with Gasteiger partial charge in [-0.05, 0) is 31.2 Å². The fourth-order valence-electron chi connectivity index (χ4n) is 2.00. The number of carbonyl (C=O) groups excluding carboxylic acids is 1. The fraction of sp³-hybridized carbons (Fsp3) is 0.400. The van der Waals surface area contributed by atoms with Crippen molar-refractivity contribution in [3.63, 3.8) is 0 Å². The van der Waals surface area contributed by atoms with Crippen LogP contribution in [-0.4, -0.2) is 52.3 Å². The van der Waals surface area contributed by atoms with Gasteiger partial charge in [-0.15, -0.1) is 0 Å². The lowest BCUT2D eigenvalue weighted by atomic mass is 10.1. The SMILES string of the molecule is CN[C@H](CCC(=O)N[C@@H](Cc1ccc(O)cc1)C(=O)O)C(=O)O. The van der Waals surface area contributed by atoms with Gasteiger partial charge in [-0.3, -0.25) is 9.59 Å². The van der Waals surface area contributed by atoms with E-state index in [0.29, 0.717) is 5.56 Å². The van der Waals surface area contributed by atoms with E-state index < -0.39 is 29.9 Å². The third-order valence-corrected chi connectivity index (χ3v) is 3.32. The molecule has 8 nitrogen and oxygen atoms in total. The molecule has 0 saturated heterocycles. The van der Waals surface area contributed by atoms with Crippen LogP contribution in [0.15, 0.2) is 24.3 Å². The second kappa shape index (κ2) is 8.74. The Balaban J connectivity index is 2.58. The Morgan fingerprint density at radius 1 is 1.04 bits per heavy atom. The number of carbonyl (C=O) groups is 3. The molecule has 23 heavy (non-hydrogen) atoms. The highest BCUT2D eigenvalue weighted by Gasteiger charge is 2.22. The average Bonchev–Trinajstić information content (AvgIpc) is 2.49. The maximum Gasteiger partial charge on any atom is 0.326 e. The van der Waals surface area contributed by atoms with Crippen LogP contribution in [0.3, 0.4) is 0 Å². The Morgan fingerprint density at radius 2 is 1.61 bits per heavy atom. The number of benzene rings is 1. The minimum absolute atomic E-state index is 0.0587. The Kier molecular flexibility index (Phi) is 7.01. The predicted octanol–water partition coefficient (Wildman–Crippen LogP) is -0.0431. The van der Waals surface area contributed by atoms with Crippen molar-refractivity contribution in [2.24, 2.45) is 0 Å². The Morgan fingerprint density at radius 3 is 2.09 bits per heavy atom. The van der Waals surface area contributed by atoms with E-state index in [4.69, 9.17) is 5.11 Å². The summed E-state index contributed by atoms with van der Waals surface area (Å²) in [6, 6.07) is 4.02. The molecule has 0 heterocycles. The summed E-state index contributed by atoms with van der Waals surface area (Å²) < 4.78 is 0. The van der Waals surface area contributed by atoms with Crippen molar-refractivity contribution in [3.8, 4) is 5.75 Å². The third kappa shape index (κ3) is 6.35. The Bertz CT molecular complexity index is 558. The number of aliphatic carboxylic acids is 2. The predicted molar refractivity (Wildman–Crippen MR) is 81.1 cm³/mol. The molecule has 1 aromatic carbocycles. The molecule has 0 spiro atoms. The topological polar surface area (TPSA) is 136 Å². The van der Waals surface area contributed by atoms with Gasteiger partial charge in [-0.1, -0.05) is 12.1 Å². The zero-order chi connectivity index (χ0) is 17.4. The van der Waals surface area contributed by atoms with Gasteiger partial charge in [0.25, 0.3) is 0 Å². The first-order valence-corrected chi connectivity index (χ1v) is 7.03. The Labute approximate surface area is 133 Å². The van der Waals surface area contributed by atoms with Crippen molar-refractivity contribution in [1.29, 1.82) is 0 Å². The van der Waals surface area contributed by atoms with E-state index in [9.17, 15) is 24.6 Å². The standard InChI is InChI=1S/C15H20N2O6/c1-16-11(14(20)21)6-7-13(19)17-12(15(22)23)8-9-2-4-10(18)5-3-9/h2-5,11-12,16,18H,6-8H2,1H3,(H,17,19)(H,20,21)(H,22,23)/t11-,12+/m1/s1. The van der Waals surface area contributed by atoms with Crippen LogP contribution >= 0.6 is 0 Å². The lowest BCUT2D eigenvalue weighted by Gasteiger charge is -2.16. The van der Waals surface area contributed by atoms with Crippen LogP contribution < -0.4 is 10.6 Å². The van der Waals surface area contributed by atoms with Crippen LogP contribution in [0.25, 0.3) is 0 Å². The average molecular weight is 324 g/mol. The molecule has 0 aliphatic rings. The van der Waals surface area contributed by atoms with Crippen molar-refractivity contribution >= 4 is 17.8 Å². The van der Waals surface area contributed by atoms with Gasteiger partial charge < -0.3 is 26.0 Å². The van der Waals surface area contributed by atoms with E-state index in [0.717, 1.165) is 0 Å². The number of phenolic OH excluding ortho intramolecular Hbond substituents is 1. The van der Waals surface area contributed by atoms with Crippen LogP contribution in [0.4, 0.5) is 0 Å². The molecule has 1 rings (SSSR count). The molecule has 0 radical (unpaired) electrons. The first kappa shape index (κ1) is 18.4. The fourth-order valence-corrected chi connectivity index (χ4v) is 2.00. The number of carboxylic acid groups (broad SMARTS) is 2. The van der Waals surface area contributed by atoms with Gasteiger partial charge in [-0.25, -0.2) is 4.79 Å². The van der Waals surface area contributed by atoms with Gasteiger partial charge in [0.2, 0.25) is 5.91 Å². The number of likely N-dealkylation sites (N-methyl/N-ethyl adjacent to an activating group) is 1. The molecule has 2 atom stereocenters. The molecule has 1 amide bonds. The summed E-state index contributed by atoms with van der Waals surface area (Å²) in [4.78, 5) is 33.9. The number of rotatable bonds is 9. The number of carboxylic acids is 2. The number of amides is 1. The zero-order valence-corrected chi connectivity index (χ0v) is 12.7. The van der Waals surface area contributed by atoms with Crippen molar-refractivity contribution in [3.05, 3.63) is 29.8 Å². The number of phenols is 1. The van der Waals surface area contributed by atoms with Crippen molar-refractivity contribution < 1.29 is 29.7 Å². The van der Waals surface area contributed by atoms with E-state index in [1.807, 2.05) is 0 Å². The summed E-state index contributed by atoms with van der Waals surface area (Å²) in [6.07, 6.45) is 0.0239. The van der Waals surface area contributed by atoms with Crippen LogP contribution in [-0.2, 0) is 20.8 Å². The van der Waals surface area contributed by atoms with Crippen molar-refractivity contribution in [2.45, 2.75) is 31.3 Å². The molecule has 8 heteroatoms. The number of aromatic hydroxyl groups is 1. The normalized spacial score (nSPS) is 13.1. The van der Waals surface area contributed by atoms with Crippen LogP contribution in [0.1, 0.15) is 18.4 Å². The molecule has 0 aromatic heterocycles. The van der Waals surface area contributed by atoms with Crippen molar-refractivity contribution in [1.82, 2.24) is 10.6 Å². The molecule has 0 fully saturated rings. The van der Waals surface area contributed by atoms with Gasteiger partial charge in [0.1, 0.15) is 17.8 Å². The van der Waals surface area contributed by atoms with Gasteiger partial charge in [0.15, 0.2) is 0 Å². The van der Waals surface area contributed by atoms with Crippen LogP contribution in [0.2, 0.25) is 0 Å². The van der Waals surface area contributed by atoms with E-state index in [1.165, 1.54) is 19.2 Å². The second-order valence-corrected chi connectivity index (χ2v) is 5.05. The summed E-state index contributed by atoms with van der Waals surface area (Å²) in [5.41, 5.74) is 0.647. The number of nitrogens with one attached hydrogen (secondary N) is 2. The van der Waals surface area contributed by atoms with Crippen LogP contribution in [0.5, 0.6) is 5.75 Å². The molecular formula is C15H20N2O6. The van der Waals surface area contributed by atoms with Gasteiger partial charge in [0, 0.05) is 12.8 Å². The summed E-state index contributed by atoms with van der Waals surface area (Å²) in [6.45, 7) is 0. The van der Waals surface area contributed by atoms with E-state index in [-0.39, 0.29) is 25.0 Å². The molecule has 1 aromatic rings. The molecule has 0 unspecified atom stereocenters. The lowest BCUT2D eigenvalue weighted by Crippen LogP contribution is -2.43. The maximum atomic E-state index is 11.8. The van der Waals surface area contributed by atoms with E-state index in [1.54, 1.807) is 12.1 Å². The van der Waals surface area contributed by atoms with Gasteiger partial charge >= 0.3 is 11.9 Å². The molecule has 0 bridgehead atoms. The monoisotopic (exact) mass is 324 g/mol.